The van der Waals surface area contributed by atoms with Crippen LogP contribution in [0.5, 0.6) is 0 Å². The van der Waals surface area contributed by atoms with Gasteiger partial charge in [0, 0.05) is 5.56 Å². The predicted molar refractivity (Wildman–Crippen MR) is 82.6 cm³/mol. The molecule has 0 aliphatic heterocycles. The van der Waals surface area contributed by atoms with Crippen molar-refractivity contribution in [3.8, 4) is 0 Å². The lowest BCUT2D eigenvalue weighted by Crippen LogP contribution is -2.18. The molecule has 0 N–H and O–H groups in total. The molecule has 1 aromatic carbocycles. The summed E-state index contributed by atoms with van der Waals surface area (Å²) in [4.78, 5) is 0. The molecule has 0 atom stereocenters. The quantitative estimate of drug-likeness (QED) is 0.544. The van der Waals surface area contributed by atoms with Gasteiger partial charge in [0.2, 0.25) is 0 Å². The average molecular weight is 326 g/mol. The molecule has 0 unspecified atom stereocenters. The molecule has 0 amide bonds. The summed E-state index contributed by atoms with van der Waals surface area (Å²) in [6, 6.07) is 2.87. The molecule has 126 valence electrons. The van der Waals surface area contributed by atoms with Gasteiger partial charge in [-0.15, -0.1) is 0 Å². The molecule has 2 aliphatic carbocycles. The molecule has 0 radical (unpaired) electrons. The Kier molecular flexibility index (Phi) is 4.79. The summed E-state index contributed by atoms with van der Waals surface area (Å²) >= 11 is 0. The highest BCUT2D eigenvalue weighted by Crippen LogP contribution is 2.46. The van der Waals surface area contributed by atoms with Crippen molar-refractivity contribution in [1.29, 1.82) is 0 Å². The lowest BCUT2D eigenvalue weighted by molar-refractivity contribution is 0.317. The molecule has 3 rings (SSSR count). The molecule has 0 spiro atoms. The molecule has 0 aromatic heterocycles. The molecule has 2 aliphatic rings. The van der Waals surface area contributed by atoms with E-state index >= 15 is 0 Å². The van der Waals surface area contributed by atoms with Crippen LogP contribution in [0.1, 0.15) is 74.8 Å². The number of hydrogen-bond acceptors (Lipinski definition) is 0. The minimum Gasteiger partial charge on any atom is -0.207 e. The first-order valence-corrected chi connectivity index (χ1v) is 8.51. The van der Waals surface area contributed by atoms with Crippen molar-refractivity contribution >= 4 is 0 Å². The van der Waals surface area contributed by atoms with E-state index in [1.54, 1.807) is 0 Å². The second-order valence-corrected chi connectivity index (χ2v) is 6.99. The minimum atomic E-state index is -1.70. The molecule has 2 saturated carbocycles. The topological polar surface area (TPSA) is 0 Å². The maximum absolute atomic E-state index is 14.4. The molecular formula is C19H22F4. The zero-order valence-electron chi connectivity index (χ0n) is 13.3. The van der Waals surface area contributed by atoms with E-state index in [1.165, 1.54) is 12.1 Å². The number of rotatable bonds is 3. The maximum atomic E-state index is 14.4. The van der Waals surface area contributed by atoms with Gasteiger partial charge in [0.15, 0.2) is 0 Å². The highest BCUT2D eigenvalue weighted by Gasteiger charge is 2.33. The van der Waals surface area contributed by atoms with E-state index in [4.69, 9.17) is 0 Å². The highest BCUT2D eigenvalue weighted by molar-refractivity contribution is 5.36. The van der Waals surface area contributed by atoms with Crippen LogP contribution in [0.2, 0.25) is 0 Å². The molecular weight excluding hydrogens is 304 g/mol. The van der Waals surface area contributed by atoms with Gasteiger partial charge < -0.3 is 0 Å². The maximum Gasteiger partial charge on any atom is 0.269 e. The van der Waals surface area contributed by atoms with Gasteiger partial charge in [0.05, 0.1) is 0 Å². The Morgan fingerprint density at radius 2 is 1.52 bits per heavy atom. The van der Waals surface area contributed by atoms with E-state index in [9.17, 15) is 17.6 Å². The van der Waals surface area contributed by atoms with Crippen LogP contribution in [0.4, 0.5) is 17.6 Å². The second kappa shape index (κ2) is 6.66. The van der Waals surface area contributed by atoms with Gasteiger partial charge >= 0.3 is 0 Å². The molecule has 0 nitrogen and oxygen atoms in total. The van der Waals surface area contributed by atoms with Gasteiger partial charge in [-0.25, -0.2) is 8.78 Å². The summed E-state index contributed by atoms with van der Waals surface area (Å²) in [6.45, 7) is 2.18. The van der Waals surface area contributed by atoms with Crippen LogP contribution in [0.15, 0.2) is 23.8 Å². The van der Waals surface area contributed by atoms with E-state index in [0.29, 0.717) is 0 Å². The molecule has 4 heteroatoms. The Bertz CT molecular complexity index is 577. The number of benzene rings is 1. The van der Waals surface area contributed by atoms with E-state index in [1.807, 2.05) is 0 Å². The molecule has 2 fully saturated rings. The van der Waals surface area contributed by atoms with Crippen LogP contribution in [0, 0.1) is 17.6 Å². The van der Waals surface area contributed by atoms with Crippen molar-refractivity contribution in [3.63, 3.8) is 0 Å². The van der Waals surface area contributed by atoms with E-state index in [-0.39, 0.29) is 29.9 Å². The third-order valence-electron chi connectivity index (χ3n) is 5.66. The molecule has 0 bridgehead atoms. The van der Waals surface area contributed by atoms with Crippen LogP contribution in [0.3, 0.4) is 0 Å². The van der Waals surface area contributed by atoms with E-state index in [0.717, 1.165) is 43.6 Å². The second-order valence-electron chi connectivity index (χ2n) is 6.99. The first-order chi connectivity index (χ1) is 11.0. The van der Waals surface area contributed by atoms with Crippen LogP contribution in [0.25, 0.3) is 0 Å². The van der Waals surface area contributed by atoms with Crippen molar-refractivity contribution < 1.29 is 17.6 Å². The Labute approximate surface area is 134 Å². The van der Waals surface area contributed by atoms with E-state index in [2.05, 4.69) is 6.92 Å². The fraction of sp³-hybridized carbons (Fsp3) is 0.579. The molecule has 23 heavy (non-hydrogen) atoms. The summed E-state index contributed by atoms with van der Waals surface area (Å²) in [7, 11) is 0. The summed E-state index contributed by atoms with van der Waals surface area (Å²) in [5.41, 5.74) is 0.738. The van der Waals surface area contributed by atoms with Crippen molar-refractivity contribution in [2.24, 2.45) is 5.92 Å². The number of halogens is 4. The lowest BCUT2D eigenvalue weighted by Gasteiger charge is -2.31. The first kappa shape index (κ1) is 16.5. The van der Waals surface area contributed by atoms with Crippen LogP contribution in [-0.4, -0.2) is 0 Å². The standard InChI is InChI=1S/C19H22F4/c1-2-11-3-5-12(6-4-11)13-9-16(20)18(17(21)10-13)14-7-15(8-14)19(22)23/h9-12,14H,2-8H2,1H3/t11-,12-. The Morgan fingerprint density at radius 3 is 2.00 bits per heavy atom. The minimum absolute atomic E-state index is 0.0130. The van der Waals surface area contributed by atoms with Gasteiger partial charge in [0.25, 0.3) is 6.08 Å². The third kappa shape index (κ3) is 3.31. The Hall–Kier alpha value is -1.32. The summed E-state index contributed by atoms with van der Waals surface area (Å²) in [6.07, 6.45) is 3.76. The van der Waals surface area contributed by atoms with Crippen LogP contribution in [-0.2, 0) is 0 Å². The Balaban J connectivity index is 1.75. The first-order valence-electron chi connectivity index (χ1n) is 8.51. The zero-order chi connectivity index (χ0) is 16.6. The summed E-state index contributed by atoms with van der Waals surface area (Å²) in [5, 5.41) is 0. The average Bonchev–Trinajstić information content (AvgIpc) is 2.48. The predicted octanol–water partition coefficient (Wildman–Crippen LogP) is 6.68. The molecule has 0 saturated heterocycles. The van der Waals surface area contributed by atoms with Crippen molar-refractivity contribution in [3.05, 3.63) is 46.5 Å². The van der Waals surface area contributed by atoms with Gasteiger partial charge in [0.1, 0.15) is 11.6 Å². The van der Waals surface area contributed by atoms with Gasteiger partial charge in [-0.05, 0) is 79.5 Å². The highest BCUT2D eigenvalue weighted by atomic mass is 19.3. The third-order valence-corrected chi connectivity index (χ3v) is 5.66. The van der Waals surface area contributed by atoms with Crippen molar-refractivity contribution in [2.45, 2.75) is 63.7 Å². The monoisotopic (exact) mass is 326 g/mol. The lowest BCUT2D eigenvalue weighted by atomic mass is 9.74. The number of hydrogen-bond donors (Lipinski definition) is 0. The van der Waals surface area contributed by atoms with E-state index < -0.39 is 23.6 Å². The smallest absolute Gasteiger partial charge is 0.207 e. The van der Waals surface area contributed by atoms with Crippen molar-refractivity contribution in [1.82, 2.24) is 0 Å². The van der Waals surface area contributed by atoms with Gasteiger partial charge in [-0.3, -0.25) is 0 Å². The zero-order valence-corrected chi connectivity index (χ0v) is 13.3. The van der Waals surface area contributed by atoms with Gasteiger partial charge in [-0.1, -0.05) is 13.3 Å². The summed E-state index contributed by atoms with van der Waals surface area (Å²) in [5.74, 6) is -0.634. The van der Waals surface area contributed by atoms with Crippen LogP contribution >= 0.6 is 0 Å². The molecule has 0 heterocycles. The SMILES string of the molecule is CC[C@H]1CC[C@H](c2cc(F)c(C3CC(=C(F)F)C3)c(F)c2)CC1. The fourth-order valence-electron chi connectivity index (χ4n) is 4.03. The number of allylic oxidation sites excluding steroid dienone is 1. The van der Waals surface area contributed by atoms with Gasteiger partial charge in [-0.2, -0.15) is 8.78 Å². The largest absolute Gasteiger partial charge is 0.269 e. The fourth-order valence-corrected chi connectivity index (χ4v) is 4.03. The summed E-state index contributed by atoms with van der Waals surface area (Å²) < 4.78 is 53.6. The van der Waals surface area contributed by atoms with Crippen LogP contribution < -0.4 is 0 Å². The normalized spacial score (nSPS) is 27.7. The Morgan fingerprint density at radius 1 is 0.957 bits per heavy atom. The molecule has 1 aromatic rings. The van der Waals surface area contributed by atoms with Crippen molar-refractivity contribution in [2.75, 3.05) is 0 Å².